The summed E-state index contributed by atoms with van der Waals surface area (Å²) in [7, 11) is 1.92. The molecule has 0 spiro atoms. The maximum atomic E-state index is 5.60. The highest BCUT2D eigenvalue weighted by Gasteiger charge is 2.13. The summed E-state index contributed by atoms with van der Waals surface area (Å²) in [4.78, 5) is 8.75. The monoisotopic (exact) mass is 271 g/mol. The quantitative estimate of drug-likeness (QED) is 0.877. The lowest BCUT2D eigenvalue weighted by molar-refractivity contribution is 0.317. The maximum absolute atomic E-state index is 5.60. The zero-order chi connectivity index (χ0) is 14.4. The topological polar surface area (TPSA) is 47.0 Å². The average Bonchev–Trinajstić information content (AvgIpc) is 2.49. The Morgan fingerprint density at radius 2 is 1.90 bits per heavy atom. The fourth-order valence-electron chi connectivity index (χ4n) is 2.01. The highest BCUT2D eigenvalue weighted by Crippen LogP contribution is 2.22. The molecule has 0 bridgehead atoms. The number of benzene rings is 1. The minimum atomic E-state index is 0.0447. The van der Waals surface area contributed by atoms with E-state index < -0.39 is 0 Å². The largest absolute Gasteiger partial charge is 0.494 e. The molecule has 4 nitrogen and oxygen atoms in total. The third-order valence-corrected chi connectivity index (χ3v) is 3.07. The van der Waals surface area contributed by atoms with E-state index in [-0.39, 0.29) is 6.04 Å². The van der Waals surface area contributed by atoms with Crippen molar-refractivity contribution in [1.82, 2.24) is 15.3 Å². The molecule has 1 aromatic carbocycles. The molecule has 1 heterocycles. The predicted octanol–water partition coefficient (Wildman–Crippen LogP) is 2.88. The van der Waals surface area contributed by atoms with Gasteiger partial charge in [-0.05, 0) is 38.1 Å². The molecule has 0 fully saturated rings. The smallest absolute Gasteiger partial charge is 0.119 e. The third-order valence-electron chi connectivity index (χ3n) is 3.07. The molecule has 4 heteroatoms. The molecule has 0 aliphatic rings. The Kier molecular flexibility index (Phi) is 5.07. The Morgan fingerprint density at radius 3 is 2.45 bits per heavy atom. The first-order valence-corrected chi connectivity index (χ1v) is 6.93. The van der Waals surface area contributed by atoms with Crippen molar-refractivity contribution in [2.75, 3.05) is 13.7 Å². The van der Waals surface area contributed by atoms with Gasteiger partial charge in [0.25, 0.3) is 0 Å². The number of aryl methyl sites for hydroxylation is 1. The van der Waals surface area contributed by atoms with Crippen molar-refractivity contribution in [1.29, 1.82) is 0 Å². The molecule has 1 aromatic heterocycles. The minimum absolute atomic E-state index is 0.0447. The van der Waals surface area contributed by atoms with E-state index >= 15 is 0 Å². The average molecular weight is 271 g/mol. The van der Waals surface area contributed by atoms with Gasteiger partial charge in [-0.25, -0.2) is 0 Å². The summed E-state index contributed by atoms with van der Waals surface area (Å²) < 4.78 is 5.60. The minimum Gasteiger partial charge on any atom is -0.494 e. The van der Waals surface area contributed by atoms with Gasteiger partial charge in [-0.3, -0.25) is 9.97 Å². The van der Waals surface area contributed by atoms with Gasteiger partial charge in [0.05, 0.1) is 30.2 Å². The summed E-state index contributed by atoms with van der Waals surface area (Å²) in [5, 5.41) is 3.27. The van der Waals surface area contributed by atoms with E-state index in [1.54, 1.807) is 6.20 Å². The van der Waals surface area contributed by atoms with Crippen LogP contribution in [0.3, 0.4) is 0 Å². The summed E-state index contributed by atoms with van der Waals surface area (Å²) in [6, 6.07) is 8.17. The second kappa shape index (κ2) is 7.01. The fourth-order valence-corrected chi connectivity index (χ4v) is 2.01. The molecule has 0 saturated carbocycles. The second-order valence-electron chi connectivity index (χ2n) is 4.72. The van der Waals surface area contributed by atoms with Crippen LogP contribution < -0.4 is 10.1 Å². The van der Waals surface area contributed by atoms with Crippen molar-refractivity contribution in [2.45, 2.75) is 26.3 Å². The molecule has 20 heavy (non-hydrogen) atoms. The van der Waals surface area contributed by atoms with Crippen molar-refractivity contribution >= 4 is 0 Å². The summed E-state index contributed by atoms with van der Waals surface area (Å²) in [5.41, 5.74) is 2.99. The van der Waals surface area contributed by atoms with Gasteiger partial charge in [0.1, 0.15) is 5.75 Å². The van der Waals surface area contributed by atoms with Crippen LogP contribution >= 0.6 is 0 Å². The van der Waals surface area contributed by atoms with Crippen LogP contribution in [0.1, 0.15) is 36.3 Å². The summed E-state index contributed by atoms with van der Waals surface area (Å²) in [6.07, 6.45) is 4.62. The van der Waals surface area contributed by atoms with Crippen LogP contribution in [-0.2, 0) is 0 Å². The maximum Gasteiger partial charge on any atom is 0.119 e. The number of nitrogens with zero attached hydrogens (tertiary/aromatic N) is 2. The van der Waals surface area contributed by atoms with Crippen LogP contribution in [0.5, 0.6) is 5.75 Å². The summed E-state index contributed by atoms with van der Waals surface area (Å²) >= 11 is 0. The third kappa shape index (κ3) is 3.54. The first kappa shape index (κ1) is 14.5. The number of ether oxygens (including phenoxy) is 1. The standard InChI is InChI=1S/C16H21N3O/c1-4-9-20-14-7-5-13(6-8-14)16(17-3)15-11-18-12(2)10-19-15/h5-8,10-11,16-17H,4,9H2,1-3H3. The number of nitrogens with one attached hydrogen (secondary N) is 1. The van der Waals surface area contributed by atoms with E-state index in [0.29, 0.717) is 0 Å². The van der Waals surface area contributed by atoms with Crippen LogP contribution in [0, 0.1) is 6.92 Å². The van der Waals surface area contributed by atoms with Crippen LogP contribution in [-0.4, -0.2) is 23.6 Å². The SMILES string of the molecule is CCCOc1ccc(C(NC)c2cnc(C)cn2)cc1. The second-order valence-corrected chi connectivity index (χ2v) is 4.72. The lowest BCUT2D eigenvalue weighted by atomic mass is 10.0. The molecule has 1 N–H and O–H groups in total. The molecule has 106 valence electrons. The van der Waals surface area contributed by atoms with Gasteiger partial charge in [0, 0.05) is 6.20 Å². The van der Waals surface area contributed by atoms with Gasteiger partial charge in [0.15, 0.2) is 0 Å². The van der Waals surface area contributed by atoms with Crippen LogP contribution in [0.15, 0.2) is 36.7 Å². The lowest BCUT2D eigenvalue weighted by Gasteiger charge is -2.16. The number of hydrogen-bond donors (Lipinski definition) is 1. The predicted molar refractivity (Wildman–Crippen MR) is 79.9 cm³/mol. The molecular weight excluding hydrogens is 250 g/mol. The lowest BCUT2D eigenvalue weighted by Crippen LogP contribution is -2.19. The zero-order valence-electron chi connectivity index (χ0n) is 12.3. The van der Waals surface area contributed by atoms with E-state index in [2.05, 4.69) is 34.3 Å². The molecule has 0 aliphatic carbocycles. The van der Waals surface area contributed by atoms with E-state index in [1.165, 1.54) is 0 Å². The molecule has 0 radical (unpaired) electrons. The summed E-state index contributed by atoms with van der Waals surface area (Å²) in [5.74, 6) is 0.903. The van der Waals surface area contributed by atoms with Crippen LogP contribution in [0.4, 0.5) is 0 Å². The van der Waals surface area contributed by atoms with Crippen LogP contribution in [0.2, 0.25) is 0 Å². The van der Waals surface area contributed by atoms with Crippen LogP contribution in [0.25, 0.3) is 0 Å². The Hall–Kier alpha value is -1.94. The van der Waals surface area contributed by atoms with E-state index in [1.807, 2.05) is 32.3 Å². The van der Waals surface area contributed by atoms with Crippen molar-refractivity contribution in [3.05, 3.63) is 53.6 Å². The molecule has 1 atom stereocenters. The van der Waals surface area contributed by atoms with Crippen molar-refractivity contribution in [3.63, 3.8) is 0 Å². The highest BCUT2D eigenvalue weighted by molar-refractivity contribution is 5.32. The fraction of sp³-hybridized carbons (Fsp3) is 0.375. The molecular formula is C16H21N3O. The number of rotatable bonds is 6. The van der Waals surface area contributed by atoms with E-state index in [4.69, 9.17) is 4.74 Å². The van der Waals surface area contributed by atoms with Gasteiger partial charge in [-0.2, -0.15) is 0 Å². The van der Waals surface area contributed by atoms with Crippen molar-refractivity contribution in [3.8, 4) is 5.75 Å². The first-order chi connectivity index (χ1) is 9.74. The van der Waals surface area contributed by atoms with Crippen molar-refractivity contribution < 1.29 is 4.74 Å². The molecule has 2 aromatic rings. The Bertz CT molecular complexity index is 522. The van der Waals surface area contributed by atoms with Gasteiger partial charge < -0.3 is 10.1 Å². The normalized spacial score (nSPS) is 12.2. The highest BCUT2D eigenvalue weighted by atomic mass is 16.5. The molecule has 2 rings (SSSR count). The molecule has 0 aliphatic heterocycles. The van der Waals surface area contributed by atoms with Gasteiger partial charge in [-0.1, -0.05) is 19.1 Å². The van der Waals surface area contributed by atoms with Crippen molar-refractivity contribution in [2.24, 2.45) is 0 Å². The molecule has 0 amide bonds. The summed E-state index contributed by atoms with van der Waals surface area (Å²) in [6.45, 7) is 4.78. The number of hydrogen-bond acceptors (Lipinski definition) is 4. The zero-order valence-corrected chi connectivity index (χ0v) is 12.3. The molecule has 1 unspecified atom stereocenters. The van der Waals surface area contributed by atoms with Gasteiger partial charge >= 0.3 is 0 Å². The number of aromatic nitrogens is 2. The molecule has 0 saturated heterocycles. The first-order valence-electron chi connectivity index (χ1n) is 6.93. The van der Waals surface area contributed by atoms with Gasteiger partial charge in [-0.15, -0.1) is 0 Å². The Morgan fingerprint density at radius 1 is 1.15 bits per heavy atom. The van der Waals surface area contributed by atoms with E-state index in [0.717, 1.165) is 35.7 Å². The van der Waals surface area contributed by atoms with E-state index in [9.17, 15) is 0 Å². The van der Waals surface area contributed by atoms with Gasteiger partial charge in [0.2, 0.25) is 0 Å². The Balaban J connectivity index is 2.17. The Labute approximate surface area is 120 Å².